The molecule has 1 nitrogen and oxygen atoms in total. The summed E-state index contributed by atoms with van der Waals surface area (Å²) in [5, 5.41) is 0.426. The number of hydrogen-bond donors (Lipinski definition) is 0. The molecule has 0 amide bonds. The molecule has 4 heteroatoms. The van der Waals surface area contributed by atoms with Crippen molar-refractivity contribution in [1.82, 2.24) is 0 Å². The molecule has 1 aliphatic heterocycles. The molecular weight excluding hydrogens is 168 g/mol. The van der Waals surface area contributed by atoms with Gasteiger partial charge in [0, 0.05) is 4.90 Å². The Morgan fingerprint density at radius 2 is 2.27 bits per heavy atom. The highest BCUT2D eigenvalue weighted by atomic mass is 32.2. The van der Waals surface area contributed by atoms with Crippen molar-refractivity contribution in [3.05, 3.63) is 24.0 Å². The van der Waals surface area contributed by atoms with Crippen LogP contribution in [0.25, 0.3) is 0 Å². The quantitative estimate of drug-likeness (QED) is 0.555. The summed E-state index contributed by atoms with van der Waals surface area (Å²) < 4.78 is 25.6. The summed E-state index contributed by atoms with van der Waals surface area (Å²) in [6.07, 6.45) is 0. The zero-order valence-corrected chi connectivity index (χ0v) is 6.37. The zero-order chi connectivity index (χ0) is 7.84. The Bertz CT molecular complexity index is 290. The molecule has 0 bridgehead atoms. The van der Waals surface area contributed by atoms with Gasteiger partial charge in [-0.1, -0.05) is 22.3 Å². The van der Waals surface area contributed by atoms with E-state index >= 15 is 0 Å². The van der Waals surface area contributed by atoms with Crippen molar-refractivity contribution in [3.8, 4) is 0 Å². The Balaban J connectivity index is 2.58. The minimum Gasteiger partial charge on any atom is -0.205 e. The summed E-state index contributed by atoms with van der Waals surface area (Å²) >= 11 is 1.30. The van der Waals surface area contributed by atoms with Crippen LogP contribution in [0.1, 0.15) is 0 Å². The van der Waals surface area contributed by atoms with E-state index in [4.69, 9.17) is 0 Å². The number of hydrogen-bond acceptors (Lipinski definition) is 2. The highest BCUT2D eigenvalue weighted by Crippen LogP contribution is 2.39. The Labute approximate surface area is 66.9 Å². The molecule has 2 rings (SSSR count). The first-order valence-electron chi connectivity index (χ1n) is 3.13. The molecule has 0 unspecified atom stereocenters. The maximum atomic E-state index is 12.8. The fourth-order valence-corrected chi connectivity index (χ4v) is 1.93. The molecule has 0 aliphatic carbocycles. The van der Waals surface area contributed by atoms with Gasteiger partial charge >= 0.3 is 0 Å². The van der Waals surface area contributed by atoms with Crippen LogP contribution < -0.4 is 5.12 Å². The Morgan fingerprint density at radius 1 is 1.45 bits per heavy atom. The predicted molar refractivity (Wildman–Crippen MR) is 40.7 cm³/mol. The summed E-state index contributed by atoms with van der Waals surface area (Å²) in [4.78, 5) is 0.674. The molecule has 0 aromatic heterocycles. The highest BCUT2D eigenvalue weighted by Gasteiger charge is 2.22. The first-order valence-corrected chi connectivity index (χ1v) is 4.12. The summed E-state index contributed by atoms with van der Waals surface area (Å²) in [6.45, 7) is 0. The standard InChI is InChI=1S/C7H5F2NS/c8-5-2-1-3-6-7(5)10(9)4-11-6/h1-3H,4H2. The number of benzene rings is 1. The minimum absolute atomic E-state index is 0.0810. The predicted octanol–water partition coefficient (Wildman–Crippen LogP) is 2.58. The number of thioether (sulfide) groups is 1. The third kappa shape index (κ3) is 0.976. The second-order valence-electron chi connectivity index (χ2n) is 2.22. The van der Waals surface area contributed by atoms with Gasteiger partial charge in [0.05, 0.1) is 0 Å². The maximum absolute atomic E-state index is 12.8. The number of rotatable bonds is 0. The lowest BCUT2D eigenvalue weighted by atomic mass is 10.3. The molecule has 1 aromatic rings. The molecule has 58 valence electrons. The van der Waals surface area contributed by atoms with E-state index in [1.807, 2.05) is 0 Å². The van der Waals surface area contributed by atoms with Gasteiger partial charge in [0.1, 0.15) is 17.4 Å². The van der Waals surface area contributed by atoms with Gasteiger partial charge in [-0.05, 0) is 12.1 Å². The summed E-state index contributed by atoms with van der Waals surface area (Å²) in [5.74, 6) is -0.300. The van der Waals surface area contributed by atoms with E-state index in [9.17, 15) is 8.87 Å². The van der Waals surface area contributed by atoms with Gasteiger partial charge in [0.2, 0.25) is 0 Å². The second-order valence-corrected chi connectivity index (χ2v) is 3.21. The summed E-state index contributed by atoms with van der Waals surface area (Å²) in [6, 6.07) is 4.56. The van der Waals surface area contributed by atoms with Crippen molar-refractivity contribution in [3.63, 3.8) is 0 Å². The Kier molecular flexibility index (Phi) is 1.49. The van der Waals surface area contributed by atoms with Crippen molar-refractivity contribution in [2.24, 2.45) is 0 Å². The Morgan fingerprint density at radius 3 is 3.00 bits per heavy atom. The van der Waals surface area contributed by atoms with E-state index < -0.39 is 5.82 Å². The van der Waals surface area contributed by atoms with Crippen LogP contribution in [0.3, 0.4) is 0 Å². The average molecular weight is 173 g/mol. The third-order valence-electron chi connectivity index (χ3n) is 1.53. The first kappa shape index (κ1) is 6.91. The van der Waals surface area contributed by atoms with E-state index in [-0.39, 0.29) is 11.6 Å². The molecule has 1 aliphatic rings. The molecule has 0 fully saturated rings. The van der Waals surface area contributed by atoms with Gasteiger partial charge in [0.25, 0.3) is 0 Å². The zero-order valence-electron chi connectivity index (χ0n) is 5.55. The monoisotopic (exact) mass is 173 g/mol. The largest absolute Gasteiger partial charge is 0.205 e. The van der Waals surface area contributed by atoms with Crippen LogP contribution in [0.4, 0.5) is 14.6 Å². The lowest BCUT2D eigenvalue weighted by Gasteiger charge is -2.04. The molecular formula is C7H5F2NS. The van der Waals surface area contributed by atoms with Crippen LogP contribution in [-0.2, 0) is 0 Å². The summed E-state index contributed by atoms with van der Waals surface area (Å²) in [7, 11) is 0. The van der Waals surface area contributed by atoms with Crippen molar-refractivity contribution in [2.45, 2.75) is 4.90 Å². The number of nitrogens with zero attached hydrogens (tertiary/aromatic N) is 1. The molecule has 0 spiro atoms. The van der Waals surface area contributed by atoms with E-state index in [2.05, 4.69) is 0 Å². The molecule has 0 atom stereocenters. The Hall–Kier alpha value is -0.770. The number of anilines is 1. The van der Waals surface area contributed by atoms with E-state index in [1.165, 1.54) is 17.8 Å². The SMILES string of the molecule is Fc1cccc2c1N(F)CS2. The van der Waals surface area contributed by atoms with Crippen molar-refractivity contribution >= 4 is 17.4 Å². The fraction of sp³-hybridized carbons (Fsp3) is 0.143. The summed E-state index contributed by atoms with van der Waals surface area (Å²) in [5.41, 5.74) is 0.0810. The van der Waals surface area contributed by atoms with Gasteiger partial charge < -0.3 is 0 Å². The molecule has 1 heterocycles. The normalized spacial score (nSPS) is 15.3. The van der Waals surface area contributed by atoms with Gasteiger partial charge in [-0.25, -0.2) is 4.39 Å². The molecule has 1 aromatic carbocycles. The van der Waals surface area contributed by atoms with Crippen LogP contribution in [0.15, 0.2) is 23.1 Å². The van der Waals surface area contributed by atoms with Crippen LogP contribution in [-0.4, -0.2) is 5.88 Å². The van der Waals surface area contributed by atoms with Crippen LogP contribution >= 0.6 is 11.8 Å². The highest BCUT2D eigenvalue weighted by molar-refractivity contribution is 7.99. The molecule has 11 heavy (non-hydrogen) atoms. The topological polar surface area (TPSA) is 3.24 Å². The van der Waals surface area contributed by atoms with Gasteiger partial charge in [0.15, 0.2) is 0 Å². The molecule has 0 radical (unpaired) electrons. The van der Waals surface area contributed by atoms with E-state index in [0.717, 1.165) is 0 Å². The molecule has 0 saturated carbocycles. The van der Waals surface area contributed by atoms with Crippen molar-refractivity contribution in [2.75, 3.05) is 11.0 Å². The minimum atomic E-state index is -0.491. The van der Waals surface area contributed by atoms with Crippen LogP contribution in [0.2, 0.25) is 0 Å². The van der Waals surface area contributed by atoms with E-state index in [1.54, 1.807) is 12.1 Å². The average Bonchev–Trinajstić information content (AvgIpc) is 2.34. The van der Waals surface area contributed by atoms with Gasteiger partial charge in [-0.15, -0.1) is 0 Å². The number of para-hydroxylation sites is 1. The molecule has 0 saturated heterocycles. The smallest absolute Gasteiger partial charge is 0.150 e. The third-order valence-corrected chi connectivity index (χ3v) is 2.52. The van der Waals surface area contributed by atoms with Crippen molar-refractivity contribution in [1.29, 1.82) is 0 Å². The van der Waals surface area contributed by atoms with Crippen LogP contribution in [0, 0.1) is 5.82 Å². The van der Waals surface area contributed by atoms with Crippen molar-refractivity contribution < 1.29 is 8.87 Å². The number of fused-ring (bicyclic) bond motifs is 1. The van der Waals surface area contributed by atoms with Crippen LogP contribution in [0.5, 0.6) is 0 Å². The van der Waals surface area contributed by atoms with Gasteiger partial charge in [-0.2, -0.15) is 5.12 Å². The number of halogens is 2. The molecule has 0 N–H and O–H groups in total. The second kappa shape index (κ2) is 2.37. The fourth-order valence-electron chi connectivity index (χ4n) is 1.04. The lowest BCUT2D eigenvalue weighted by Crippen LogP contribution is -2.05. The lowest BCUT2D eigenvalue weighted by molar-refractivity contribution is 0.456. The first-order chi connectivity index (χ1) is 5.29. The maximum Gasteiger partial charge on any atom is 0.150 e. The van der Waals surface area contributed by atoms with Gasteiger partial charge in [-0.3, -0.25) is 0 Å². The van der Waals surface area contributed by atoms with E-state index in [0.29, 0.717) is 10.0 Å².